The molecular weight excluding hydrogens is 468 g/mol. The van der Waals surface area contributed by atoms with Crippen molar-refractivity contribution in [3.05, 3.63) is 54.1 Å². The normalized spacial score (nSPS) is 18.2. The van der Waals surface area contributed by atoms with E-state index in [0.717, 1.165) is 82.0 Å². The van der Waals surface area contributed by atoms with Crippen LogP contribution in [0.25, 0.3) is 0 Å². The number of hydrogen-bond donors (Lipinski definition) is 0. The molecule has 198 valence electrons. The highest BCUT2D eigenvalue weighted by molar-refractivity contribution is 5.77. The minimum atomic E-state index is 0.179. The number of likely N-dealkylation sites (tertiary alicyclic amines) is 2. The van der Waals surface area contributed by atoms with E-state index in [2.05, 4.69) is 11.0 Å². The molecule has 7 heteroatoms. The average Bonchev–Trinajstić information content (AvgIpc) is 3.35. The van der Waals surface area contributed by atoms with Crippen LogP contribution in [0.5, 0.6) is 17.2 Å². The van der Waals surface area contributed by atoms with Crippen LogP contribution in [0.2, 0.25) is 0 Å². The summed E-state index contributed by atoms with van der Waals surface area (Å²) >= 11 is 0. The Morgan fingerprint density at radius 2 is 1.49 bits per heavy atom. The van der Waals surface area contributed by atoms with E-state index < -0.39 is 0 Å². The average molecular weight is 507 g/mol. The molecule has 0 N–H and O–H groups in total. The van der Waals surface area contributed by atoms with Gasteiger partial charge in [0.2, 0.25) is 11.8 Å². The molecule has 0 aromatic heterocycles. The molecule has 2 amide bonds. The lowest BCUT2D eigenvalue weighted by Crippen LogP contribution is -2.44. The number of benzene rings is 2. The van der Waals surface area contributed by atoms with Crippen molar-refractivity contribution in [2.45, 2.75) is 51.4 Å². The Kier molecular flexibility index (Phi) is 8.17. The van der Waals surface area contributed by atoms with Crippen LogP contribution < -0.4 is 14.2 Å². The zero-order valence-corrected chi connectivity index (χ0v) is 21.7. The van der Waals surface area contributed by atoms with Gasteiger partial charge in [0, 0.05) is 39.0 Å². The van der Waals surface area contributed by atoms with E-state index in [1.165, 1.54) is 5.56 Å². The number of piperidine rings is 1. The molecule has 5 rings (SSSR count). The number of ether oxygens (including phenoxy) is 3. The molecule has 0 atom stereocenters. The van der Waals surface area contributed by atoms with Crippen molar-refractivity contribution >= 4 is 11.8 Å². The molecule has 2 fully saturated rings. The van der Waals surface area contributed by atoms with Crippen LogP contribution in [0.1, 0.15) is 50.5 Å². The van der Waals surface area contributed by atoms with Gasteiger partial charge < -0.3 is 24.0 Å². The van der Waals surface area contributed by atoms with Gasteiger partial charge in [-0.05, 0) is 73.8 Å². The number of fused-ring (bicyclic) bond motifs is 1. The van der Waals surface area contributed by atoms with Gasteiger partial charge in [-0.1, -0.05) is 24.3 Å². The fourth-order valence-corrected chi connectivity index (χ4v) is 5.72. The number of para-hydroxylation sites is 1. The second kappa shape index (κ2) is 11.9. The number of nitrogens with zero attached hydrogens (tertiary/aromatic N) is 2. The van der Waals surface area contributed by atoms with E-state index >= 15 is 0 Å². The first-order valence-corrected chi connectivity index (χ1v) is 13.7. The lowest BCUT2D eigenvalue weighted by Gasteiger charge is -2.39. The molecule has 0 unspecified atom stereocenters. The molecule has 2 aromatic rings. The molecule has 2 saturated heterocycles. The number of amides is 2. The molecule has 3 heterocycles. The summed E-state index contributed by atoms with van der Waals surface area (Å²) in [6, 6.07) is 15.8. The van der Waals surface area contributed by atoms with E-state index in [1.54, 1.807) is 0 Å². The van der Waals surface area contributed by atoms with Gasteiger partial charge in [-0.15, -0.1) is 0 Å². The minimum absolute atomic E-state index is 0.179. The second-order valence-corrected chi connectivity index (χ2v) is 10.5. The van der Waals surface area contributed by atoms with Gasteiger partial charge in [0.25, 0.3) is 0 Å². The standard InChI is InChI=1S/C30H38N2O5/c33-28(10-5-19-35-25-7-2-1-3-8-25)31-16-13-30(14-17-31)15-18-32(23-30)29(34)9-4-6-24-11-12-26-27(22-24)37-21-20-36-26/h1-3,7-8,11-12,22H,4-6,9-10,13-21,23H2. The van der Waals surface area contributed by atoms with Crippen molar-refractivity contribution < 1.29 is 23.8 Å². The molecule has 0 bridgehead atoms. The molecule has 0 aliphatic carbocycles. The van der Waals surface area contributed by atoms with Crippen LogP contribution in [-0.4, -0.2) is 67.6 Å². The van der Waals surface area contributed by atoms with Gasteiger partial charge in [-0.25, -0.2) is 0 Å². The summed E-state index contributed by atoms with van der Waals surface area (Å²) < 4.78 is 17.0. The van der Waals surface area contributed by atoms with E-state index in [1.807, 2.05) is 47.4 Å². The van der Waals surface area contributed by atoms with Crippen molar-refractivity contribution in [1.29, 1.82) is 0 Å². The third-order valence-electron chi connectivity index (χ3n) is 7.98. The monoisotopic (exact) mass is 506 g/mol. The summed E-state index contributed by atoms with van der Waals surface area (Å²) in [5.74, 6) is 2.93. The van der Waals surface area contributed by atoms with E-state index in [-0.39, 0.29) is 17.2 Å². The fraction of sp³-hybridized carbons (Fsp3) is 0.533. The Morgan fingerprint density at radius 1 is 0.811 bits per heavy atom. The quantitative estimate of drug-likeness (QED) is 0.469. The molecule has 7 nitrogen and oxygen atoms in total. The lowest BCUT2D eigenvalue weighted by molar-refractivity contribution is -0.135. The molecule has 3 aliphatic heterocycles. The Labute approximate surface area is 219 Å². The van der Waals surface area contributed by atoms with Crippen LogP contribution in [0.3, 0.4) is 0 Å². The SMILES string of the molecule is O=C(CCCOc1ccccc1)N1CCC2(CC1)CCN(C(=O)CCCc1ccc3c(c1)OCCO3)C2. The molecule has 3 aliphatic rings. The van der Waals surface area contributed by atoms with Gasteiger partial charge in [0.1, 0.15) is 19.0 Å². The van der Waals surface area contributed by atoms with Gasteiger partial charge in [-0.3, -0.25) is 9.59 Å². The number of carbonyl (C=O) groups excluding carboxylic acids is 2. The van der Waals surface area contributed by atoms with Gasteiger partial charge in [-0.2, -0.15) is 0 Å². The van der Waals surface area contributed by atoms with Gasteiger partial charge in [0.05, 0.1) is 6.61 Å². The maximum atomic E-state index is 12.9. The third kappa shape index (κ3) is 6.56. The molecule has 1 spiro atoms. The summed E-state index contributed by atoms with van der Waals surface area (Å²) in [5, 5.41) is 0. The molecule has 37 heavy (non-hydrogen) atoms. The molecule has 0 saturated carbocycles. The zero-order valence-electron chi connectivity index (χ0n) is 21.7. The van der Waals surface area contributed by atoms with Crippen LogP contribution in [0, 0.1) is 5.41 Å². The predicted molar refractivity (Wildman–Crippen MR) is 141 cm³/mol. The summed E-state index contributed by atoms with van der Waals surface area (Å²) in [6.07, 6.45) is 6.53. The summed E-state index contributed by atoms with van der Waals surface area (Å²) in [7, 11) is 0. The Balaban J connectivity index is 0.994. The summed E-state index contributed by atoms with van der Waals surface area (Å²) in [5.41, 5.74) is 1.36. The van der Waals surface area contributed by atoms with Crippen LogP contribution in [0.4, 0.5) is 0 Å². The first-order chi connectivity index (χ1) is 18.1. The number of carbonyl (C=O) groups is 2. The topological polar surface area (TPSA) is 68.3 Å². The zero-order chi connectivity index (χ0) is 25.5. The van der Waals surface area contributed by atoms with Crippen molar-refractivity contribution in [2.75, 3.05) is 46.0 Å². The van der Waals surface area contributed by atoms with Gasteiger partial charge >= 0.3 is 0 Å². The van der Waals surface area contributed by atoms with Crippen molar-refractivity contribution in [3.8, 4) is 17.2 Å². The van der Waals surface area contributed by atoms with Crippen molar-refractivity contribution in [1.82, 2.24) is 9.80 Å². The first-order valence-electron chi connectivity index (χ1n) is 13.7. The Bertz CT molecular complexity index is 1060. The van der Waals surface area contributed by atoms with Gasteiger partial charge in [0.15, 0.2) is 11.5 Å². The molecule has 0 radical (unpaired) electrons. The van der Waals surface area contributed by atoms with Crippen LogP contribution >= 0.6 is 0 Å². The first kappa shape index (κ1) is 25.4. The predicted octanol–water partition coefficient (Wildman–Crippen LogP) is 4.48. The number of hydrogen-bond acceptors (Lipinski definition) is 5. The maximum Gasteiger partial charge on any atom is 0.222 e. The third-order valence-corrected chi connectivity index (χ3v) is 7.98. The molecule has 2 aromatic carbocycles. The molecular formula is C30H38N2O5. The van der Waals surface area contributed by atoms with Crippen LogP contribution in [0.15, 0.2) is 48.5 Å². The summed E-state index contributed by atoms with van der Waals surface area (Å²) in [6.45, 7) is 5.00. The van der Waals surface area contributed by atoms with E-state index in [4.69, 9.17) is 14.2 Å². The number of rotatable bonds is 9. The maximum absolute atomic E-state index is 12.9. The Morgan fingerprint density at radius 3 is 2.27 bits per heavy atom. The van der Waals surface area contributed by atoms with E-state index in [0.29, 0.717) is 32.7 Å². The minimum Gasteiger partial charge on any atom is -0.494 e. The summed E-state index contributed by atoms with van der Waals surface area (Å²) in [4.78, 5) is 29.7. The smallest absolute Gasteiger partial charge is 0.222 e. The largest absolute Gasteiger partial charge is 0.494 e. The highest BCUT2D eigenvalue weighted by Crippen LogP contribution is 2.41. The van der Waals surface area contributed by atoms with Crippen molar-refractivity contribution in [3.63, 3.8) is 0 Å². The highest BCUT2D eigenvalue weighted by Gasteiger charge is 2.42. The lowest BCUT2D eigenvalue weighted by atomic mass is 9.77. The highest BCUT2D eigenvalue weighted by atomic mass is 16.6. The Hall–Kier alpha value is -3.22. The van der Waals surface area contributed by atoms with Crippen LogP contribution in [-0.2, 0) is 16.0 Å². The second-order valence-electron chi connectivity index (χ2n) is 10.5. The fourth-order valence-electron chi connectivity index (χ4n) is 5.72. The number of aryl methyl sites for hydroxylation is 1. The van der Waals surface area contributed by atoms with Crippen molar-refractivity contribution in [2.24, 2.45) is 5.41 Å². The van der Waals surface area contributed by atoms with E-state index in [9.17, 15) is 9.59 Å².